The van der Waals surface area contributed by atoms with E-state index in [1.165, 1.54) is 0 Å². The summed E-state index contributed by atoms with van der Waals surface area (Å²) in [5.74, 6) is 0. The first-order valence-electron chi connectivity index (χ1n) is 11.9. The Balaban J connectivity index is 1.65. The van der Waals surface area contributed by atoms with Gasteiger partial charge in [0.05, 0.1) is 16.7 Å². The van der Waals surface area contributed by atoms with Gasteiger partial charge in [0.25, 0.3) is 7.29 Å². The lowest BCUT2D eigenvalue weighted by Crippen LogP contribution is -2.37. The fourth-order valence-electron chi connectivity index (χ4n) is 5.23. The molecule has 5 aromatic carbocycles. The maximum absolute atomic E-state index is 16.0. The van der Waals surface area contributed by atoms with Crippen molar-refractivity contribution in [1.29, 1.82) is 0 Å². The molecule has 0 saturated heterocycles. The quantitative estimate of drug-likeness (QED) is 0.253. The molecule has 2 heterocycles. The summed E-state index contributed by atoms with van der Waals surface area (Å²) < 4.78 is 20.0. The molecule has 5 heteroatoms. The molecule has 1 unspecified atom stereocenters. The fraction of sp³-hybridized carbons (Fsp3) is 0. The maximum atomic E-state index is 16.0. The van der Waals surface area contributed by atoms with E-state index in [0.29, 0.717) is 5.57 Å². The normalized spacial score (nSPS) is 16.5. The summed E-state index contributed by atoms with van der Waals surface area (Å²) >= 11 is 0. The van der Waals surface area contributed by atoms with Gasteiger partial charge in [-0.3, -0.25) is 13.8 Å². The summed E-state index contributed by atoms with van der Waals surface area (Å²) in [4.78, 5) is 5.09. The van der Waals surface area contributed by atoms with Gasteiger partial charge in [0.15, 0.2) is 5.57 Å². The van der Waals surface area contributed by atoms with Crippen LogP contribution in [0.4, 0.5) is 11.4 Å². The lowest BCUT2D eigenvalue weighted by atomic mass is 10.0. The van der Waals surface area contributed by atoms with Gasteiger partial charge >= 0.3 is 0 Å². The minimum Gasteiger partial charge on any atom is -0.288 e. The van der Waals surface area contributed by atoms with E-state index >= 15 is 4.57 Å². The Morgan fingerprint density at radius 3 is 1.92 bits per heavy atom. The molecule has 0 aliphatic carbocycles. The van der Waals surface area contributed by atoms with E-state index in [1.54, 1.807) is 0 Å². The third-order valence-corrected chi connectivity index (χ3v) is 9.66. The molecular formula is C31H22N3OP. The van der Waals surface area contributed by atoms with Crippen LogP contribution >= 0.6 is 7.29 Å². The zero-order valence-electron chi connectivity index (χ0n) is 19.4. The zero-order chi connectivity index (χ0) is 24.1. The van der Waals surface area contributed by atoms with E-state index in [4.69, 9.17) is 4.98 Å². The van der Waals surface area contributed by atoms with Gasteiger partial charge in [-0.1, -0.05) is 84.9 Å². The molecule has 1 aromatic heterocycles. The molecule has 6 aromatic rings. The van der Waals surface area contributed by atoms with Crippen molar-refractivity contribution < 1.29 is 4.57 Å². The summed E-state index contributed by atoms with van der Waals surface area (Å²) in [6, 6.07) is 44.3. The van der Waals surface area contributed by atoms with Crippen molar-refractivity contribution in [1.82, 2.24) is 9.55 Å². The molecule has 7 rings (SSSR count). The van der Waals surface area contributed by atoms with Gasteiger partial charge in [0.1, 0.15) is 0 Å². The van der Waals surface area contributed by atoms with Crippen molar-refractivity contribution in [3.05, 3.63) is 133 Å². The van der Waals surface area contributed by atoms with Crippen molar-refractivity contribution in [3.63, 3.8) is 0 Å². The molecule has 0 radical (unpaired) electrons. The molecular weight excluding hydrogens is 461 g/mol. The predicted molar refractivity (Wildman–Crippen MR) is 148 cm³/mol. The van der Waals surface area contributed by atoms with E-state index < -0.39 is 7.29 Å². The number of rotatable bonds is 3. The Labute approximate surface area is 209 Å². The van der Waals surface area contributed by atoms with Crippen LogP contribution in [0.1, 0.15) is 0 Å². The van der Waals surface area contributed by atoms with Crippen LogP contribution in [0.15, 0.2) is 133 Å². The Morgan fingerprint density at radius 2 is 1.14 bits per heavy atom. The van der Waals surface area contributed by atoms with Crippen molar-refractivity contribution >= 4 is 40.6 Å². The summed E-state index contributed by atoms with van der Waals surface area (Å²) in [5, 5.41) is 0.792. The fourth-order valence-corrected chi connectivity index (χ4v) is 8.32. The molecule has 1 aliphatic rings. The van der Waals surface area contributed by atoms with Gasteiger partial charge in [-0.25, -0.2) is 4.98 Å². The van der Waals surface area contributed by atoms with Gasteiger partial charge in [-0.05, 0) is 54.1 Å². The number of aromatic nitrogens is 2. The van der Waals surface area contributed by atoms with E-state index in [9.17, 15) is 0 Å². The molecule has 0 N–H and O–H groups in total. The molecule has 0 spiro atoms. The van der Waals surface area contributed by atoms with Crippen LogP contribution in [0.25, 0.3) is 27.8 Å². The second kappa shape index (κ2) is 8.08. The van der Waals surface area contributed by atoms with Crippen LogP contribution in [0.3, 0.4) is 0 Å². The first-order chi connectivity index (χ1) is 17.8. The molecule has 0 bridgehead atoms. The molecule has 172 valence electrons. The molecule has 1 aliphatic heterocycles. The molecule has 0 fully saturated rings. The van der Waals surface area contributed by atoms with Crippen LogP contribution in [0, 0.1) is 0 Å². The molecule has 1 atom stereocenters. The van der Waals surface area contributed by atoms with Gasteiger partial charge in [0, 0.05) is 22.2 Å². The van der Waals surface area contributed by atoms with Crippen LogP contribution in [0.2, 0.25) is 0 Å². The Kier molecular flexibility index (Phi) is 4.70. The molecule has 0 saturated carbocycles. The minimum atomic E-state index is -3.51. The van der Waals surface area contributed by atoms with Crippen molar-refractivity contribution in [3.8, 4) is 16.8 Å². The number of hydrogen-bond donors (Lipinski definition) is 0. The van der Waals surface area contributed by atoms with E-state index in [0.717, 1.165) is 44.5 Å². The molecule has 36 heavy (non-hydrogen) atoms. The number of benzene rings is 5. The van der Waals surface area contributed by atoms with Crippen molar-refractivity contribution in [2.75, 3.05) is 4.67 Å². The highest BCUT2D eigenvalue weighted by Gasteiger charge is 2.46. The number of hydrogen-bond acceptors (Lipinski definition) is 2. The first-order valence-corrected chi connectivity index (χ1v) is 13.6. The van der Waals surface area contributed by atoms with Gasteiger partial charge < -0.3 is 0 Å². The van der Waals surface area contributed by atoms with E-state index in [2.05, 4.69) is 22.8 Å². The SMILES string of the molecule is O=P1(c2nc3ccccc3n2-c2ccccc2)c2ccccc2-c2ccccc2N1c1ccccc1. The topological polar surface area (TPSA) is 38.1 Å². The van der Waals surface area contributed by atoms with Gasteiger partial charge in [-0.2, -0.15) is 0 Å². The predicted octanol–water partition coefficient (Wildman–Crippen LogP) is 7.07. The standard InChI is InChI=1S/C31H22N3OP/c35-36(31-32-27-19-9-11-21-29(27)33(31)23-13-3-1-4-14-23)30-22-12-8-18-26(30)25-17-7-10-20-28(25)34(36)24-15-5-2-6-16-24/h1-22H. The Hall–Kier alpha value is -4.40. The summed E-state index contributed by atoms with van der Waals surface area (Å²) in [6.07, 6.45) is 0. The van der Waals surface area contributed by atoms with Crippen molar-refractivity contribution in [2.45, 2.75) is 0 Å². The van der Waals surface area contributed by atoms with Gasteiger partial charge in [0.2, 0.25) is 0 Å². The second-order valence-electron chi connectivity index (χ2n) is 8.83. The lowest BCUT2D eigenvalue weighted by molar-refractivity contribution is 0.585. The Morgan fingerprint density at radius 1 is 0.556 bits per heavy atom. The monoisotopic (exact) mass is 483 g/mol. The highest BCUT2D eigenvalue weighted by molar-refractivity contribution is 7.80. The number of para-hydroxylation sites is 5. The lowest BCUT2D eigenvalue weighted by Gasteiger charge is -2.39. The summed E-state index contributed by atoms with van der Waals surface area (Å²) in [7, 11) is -3.51. The van der Waals surface area contributed by atoms with Crippen LogP contribution in [-0.4, -0.2) is 9.55 Å². The zero-order valence-corrected chi connectivity index (χ0v) is 20.3. The third kappa shape index (κ3) is 2.95. The number of imidazole rings is 1. The average Bonchev–Trinajstić information content (AvgIpc) is 3.35. The smallest absolute Gasteiger partial charge is 0.269 e. The molecule has 4 nitrogen and oxygen atoms in total. The Bertz CT molecular complexity index is 1780. The third-order valence-electron chi connectivity index (χ3n) is 6.76. The average molecular weight is 484 g/mol. The molecule has 0 amide bonds. The largest absolute Gasteiger partial charge is 0.288 e. The highest BCUT2D eigenvalue weighted by Crippen LogP contribution is 2.61. The minimum absolute atomic E-state index is 0.542. The van der Waals surface area contributed by atoms with Crippen LogP contribution < -0.4 is 15.5 Å². The highest BCUT2D eigenvalue weighted by atomic mass is 31.2. The van der Waals surface area contributed by atoms with Crippen molar-refractivity contribution in [2.24, 2.45) is 0 Å². The number of anilines is 2. The van der Waals surface area contributed by atoms with E-state index in [-0.39, 0.29) is 0 Å². The van der Waals surface area contributed by atoms with E-state index in [1.807, 2.05) is 120 Å². The maximum Gasteiger partial charge on any atom is 0.269 e. The summed E-state index contributed by atoms with van der Waals surface area (Å²) in [6.45, 7) is 0. The van der Waals surface area contributed by atoms with Crippen LogP contribution in [0.5, 0.6) is 0 Å². The van der Waals surface area contributed by atoms with Crippen LogP contribution in [-0.2, 0) is 4.57 Å². The number of nitrogens with zero attached hydrogens (tertiary/aromatic N) is 3. The van der Waals surface area contributed by atoms with Gasteiger partial charge in [-0.15, -0.1) is 0 Å². The summed E-state index contributed by atoms with van der Waals surface area (Å²) in [5.41, 5.74) is 7.05. The first kappa shape index (κ1) is 20.9. The number of fused-ring (bicyclic) bond motifs is 4. The second-order valence-corrected chi connectivity index (χ2v) is 11.3.